The fourth-order valence-electron chi connectivity index (χ4n) is 3.38. The Bertz CT molecular complexity index is 1120. The predicted molar refractivity (Wildman–Crippen MR) is 125 cm³/mol. The second-order valence-electron chi connectivity index (χ2n) is 7.72. The molecule has 31 heavy (non-hydrogen) atoms. The van der Waals surface area contributed by atoms with Crippen LogP contribution < -0.4 is 10.6 Å². The number of nitrogens with zero attached hydrogens (tertiary/aromatic N) is 3. The monoisotopic (exact) mass is 499 g/mol. The quantitative estimate of drug-likeness (QED) is 0.473. The van der Waals surface area contributed by atoms with Gasteiger partial charge in [0.05, 0.1) is 15.0 Å². The Labute approximate surface area is 193 Å². The van der Waals surface area contributed by atoms with Crippen LogP contribution >= 0.6 is 27.3 Å². The van der Waals surface area contributed by atoms with Crippen LogP contribution in [-0.2, 0) is 11.2 Å². The van der Waals surface area contributed by atoms with Crippen LogP contribution in [0.25, 0.3) is 10.6 Å². The van der Waals surface area contributed by atoms with Crippen LogP contribution in [0.15, 0.2) is 53.1 Å². The number of imide groups is 1. The number of aromatic nitrogens is 2. The molecular weight excluding hydrogens is 478 g/mol. The van der Waals surface area contributed by atoms with Crippen LogP contribution in [0, 0.1) is 0 Å². The van der Waals surface area contributed by atoms with Crippen molar-refractivity contribution in [1.82, 2.24) is 20.2 Å². The van der Waals surface area contributed by atoms with E-state index in [-0.39, 0.29) is 11.9 Å². The van der Waals surface area contributed by atoms with Gasteiger partial charge < -0.3 is 10.2 Å². The van der Waals surface area contributed by atoms with Crippen molar-refractivity contribution in [3.8, 4) is 10.6 Å². The molecule has 0 bridgehead atoms. The minimum Gasteiger partial charge on any atom is -0.352 e. The van der Waals surface area contributed by atoms with E-state index in [1.165, 1.54) is 15.3 Å². The van der Waals surface area contributed by atoms with Crippen molar-refractivity contribution in [2.24, 2.45) is 0 Å². The van der Waals surface area contributed by atoms with Crippen LogP contribution in [-0.4, -0.2) is 45.4 Å². The molecule has 3 heterocycles. The molecule has 1 fully saturated rings. The van der Waals surface area contributed by atoms with Crippen molar-refractivity contribution in [3.63, 3.8) is 0 Å². The first-order chi connectivity index (χ1) is 14.8. The van der Waals surface area contributed by atoms with Gasteiger partial charge in [-0.3, -0.25) is 10.1 Å². The molecule has 160 valence electrons. The molecule has 0 atom stereocenters. The number of hydrogen-bond acceptors (Lipinski definition) is 6. The molecule has 0 unspecified atom stereocenters. The molecule has 3 aromatic rings. The summed E-state index contributed by atoms with van der Waals surface area (Å²) in [6.07, 6.45) is 2.60. The number of nitrogens with one attached hydrogen (secondary N) is 2. The molecule has 2 N–H and O–H groups in total. The van der Waals surface area contributed by atoms with Gasteiger partial charge in [0.25, 0.3) is 5.91 Å². The smallest absolute Gasteiger partial charge is 0.325 e. The first-order valence-corrected chi connectivity index (χ1v) is 11.5. The van der Waals surface area contributed by atoms with E-state index in [9.17, 15) is 9.59 Å². The molecule has 4 rings (SSSR count). The Morgan fingerprint density at radius 2 is 1.94 bits per heavy atom. The third kappa shape index (κ3) is 4.62. The van der Waals surface area contributed by atoms with Crippen molar-refractivity contribution in [2.45, 2.75) is 25.8 Å². The number of hydrogen-bond donors (Lipinski definition) is 2. The van der Waals surface area contributed by atoms with Gasteiger partial charge in [-0.25, -0.2) is 14.8 Å². The average Bonchev–Trinajstić information content (AvgIpc) is 3.27. The molecule has 1 saturated heterocycles. The number of benzene rings is 1. The molecule has 0 radical (unpaired) electrons. The second kappa shape index (κ2) is 8.76. The molecule has 1 aliphatic heterocycles. The first kappa shape index (κ1) is 21.5. The Morgan fingerprint density at radius 1 is 1.16 bits per heavy atom. The first-order valence-electron chi connectivity index (χ1n) is 9.87. The summed E-state index contributed by atoms with van der Waals surface area (Å²) in [5.74, 6) is 0.184. The van der Waals surface area contributed by atoms with E-state index in [4.69, 9.17) is 0 Å². The van der Waals surface area contributed by atoms with Gasteiger partial charge in [0.15, 0.2) is 0 Å². The number of urea groups is 1. The average molecular weight is 500 g/mol. The van der Waals surface area contributed by atoms with E-state index >= 15 is 0 Å². The maximum absolute atomic E-state index is 12.0. The topological polar surface area (TPSA) is 87.2 Å². The molecule has 3 amide bonds. The number of anilines is 1. The van der Waals surface area contributed by atoms with Crippen molar-refractivity contribution < 1.29 is 9.59 Å². The lowest BCUT2D eigenvalue weighted by Gasteiger charge is -2.27. The fourth-order valence-corrected chi connectivity index (χ4v) is 4.96. The Hall–Kier alpha value is -2.78. The summed E-state index contributed by atoms with van der Waals surface area (Å²) in [6, 6.07) is 14.2. The normalized spacial score (nSPS) is 15.3. The lowest BCUT2D eigenvalue weighted by atomic mass is 10.0. The van der Waals surface area contributed by atoms with Gasteiger partial charge in [0, 0.05) is 30.6 Å². The van der Waals surface area contributed by atoms with Gasteiger partial charge in [-0.15, -0.1) is 11.3 Å². The lowest BCUT2D eigenvalue weighted by molar-refractivity contribution is -0.125. The van der Waals surface area contributed by atoms with E-state index in [1.807, 2.05) is 18.2 Å². The Balaban J connectivity index is 1.43. The van der Waals surface area contributed by atoms with E-state index in [0.717, 1.165) is 21.5 Å². The van der Waals surface area contributed by atoms with Gasteiger partial charge in [-0.05, 0) is 47.5 Å². The van der Waals surface area contributed by atoms with Crippen LogP contribution in [0.3, 0.4) is 0 Å². The molecule has 9 heteroatoms. The van der Waals surface area contributed by atoms with Crippen molar-refractivity contribution in [3.05, 3.63) is 63.6 Å². The summed E-state index contributed by atoms with van der Waals surface area (Å²) in [7, 11) is 0. The molecule has 7 nitrogen and oxygen atoms in total. The number of halogens is 1. The number of carbonyl (C=O) groups excluding carboxylic acids is 2. The number of carbonyl (C=O) groups is 2. The minimum absolute atomic E-state index is 0.288. The SMILES string of the molecule is CC1(C)C(=O)NC(=O)N1CCNc1ncc(Br)c(-c2ccc(Cc3ccccc3)s2)n1. The van der Waals surface area contributed by atoms with E-state index in [1.54, 1.807) is 31.4 Å². The van der Waals surface area contributed by atoms with Gasteiger partial charge in [0.2, 0.25) is 5.95 Å². The second-order valence-corrected chi connectivity index (χ2v) is 9.74. The van der Waals surface area contributed by atoms with Crippen LogP contribution in [0.5, 0.6) is 0 Å². The zero-order chi connectivity index (χ0) is 22.0. The molecule has 0 aliphatic carbocycles. The predicted octanol–water partition coefficient (Wildman–Crippen LogP) is 4.30. The summed E-state index contributed by atoms with van der Waals surface area (Å²) < 4.78 is 0.816. The highest BCUT2D eigenvalue weighted by Gasteiger charge is 2.45. The zero-order valence-electron chi connectivity index (χ0n) is 17.2. The molecule has 2 aromatic heterocycles. The summed E-state index contributed by atoms with van der Waals surface area (Å²) >= 11 is 5.25. The maximum Gasteiger partial charge on any atom is 0.325 e. The third-order valence-corrected chi connectivity index (χ3v) is 6.85. The highest BCUT2D eigenvalue weighted by atomic mass is 79.9. The van der Waals surface area contributed by atoms with E-state index in [2.05, 4.69) is 60.8 Å². The zero-order valence-corrected chi connectivity index (χ0v) is 19.6. The number of amides is 3. The van der Waals surface area contributed by atoms with Gasteiger partial charge in [0.1, 0.15) is 5.54 Å². The van der Waals surface area contributed by atoms with Crippen molar-refractivity contribution >= 4 is 45.2 Å². The Morgan fingerprint density at radius 3 is 2.65 bits per heavy atom. The molecule has 0 spiro atoms. The summed E-state index contributed by atoms with van der Waals surface area (Å²) in [5, 5.41) is 5.51. The third-order valence-electron chi connectivity index (χ3n) is 5.17. The van der Waals surface area contributed by atoms with Crippen molar-refractivity contribution in [1.29, 1.82) is 0 Å². The number of thiophene rings is 1. The van der Waals surface area contributed by atoms with Gasteiger partial charge in [-0.1, -0.05) is 30.3 Å². The summed E-state index contributed by atoms with van der Waals surface area (Å²) in [6.45, 7) is 4.24. The molecule has 0 saturated carbocycles. The van der Waals surface area contributed by atoms with Crippen LogP contribution in [0.2, 0.25) is 0 Å². The summed E-state index contributed by atoms with van der Waals surface area (Å²) in [5.41, 5.74) is 1.22. The molecular formula is C22H22BrN5O2S. The van der Waals surface area contributed by atoms with Crippen LogP contribution in [0.1, 0.15) is 24.3 Å². The van der Waals surface area contributed by atoms with Gasteiger partial charge in [-0.2, -0.15) is 0 Å². The molecule has 1 aromatic carbocycles. The minimum atomic E-state index is -0.864. The standard InChI is InChI=1S/C22H22BrN5O2S/c1-22(2)19(29)27-21(30)28(22)11-10-24-20-25-13-16(23)18(26-20)17-9-8-15(31-17)12-14-6-4-3-5-7-14/h3-9,13H,10-12H2,1-2H3,(H,24,25,26)(H,27,29,30). The van der Waals surface area contributed by atoms with E-state index < -0.39 is 5.54 Å². The highest BCUT2D eigenvalue weighted by Crippen LogP contribution is 2.33. The largest absolute Gasteiger partial charge is 0.352 e. The van der Waals surface area contributed by atoms with E-state index in [0.29, 0.717) is 19.0 Å². The van der Waals surface area contributed by atoms with Crippen molar-refractivity contribution in [2.75, 3.05) is 18.4 Å². The maximum atomic E-state index is 12.0. The van der Waals surface area contributed by atoms with Crippen LogP contribution in [0.4, 0.5) is 10.7 Å². The lowest BCUT2D eigenvalue weighted by Crippen LogP contribution is -2.46. The molecule has 1 aliphatic rings. The highest BCUT2D eigenvalue weighted by molar-refractivity contribution is 9.10. The fraction of sp³-hybridized carbons (Fsp3) is 0.273. The number of rotatable bonds is 7. The summed E-state index contributed by atoms with van der Waals surface area (Å²) in [4.78, 5) is 36.7. The Kier molecular flexibility index (Phi) is 6.06. The van der Waals surface area contributed by atoms with Gasteiger partial charge >= 0.3 is 6.03 Å².